The number of nitrogens with one attached hydrogen (secondary N) is 1. The van der Waals surface area contributed by atoms with Crippen molar-refractivity contribution in [3.05, 3.63) is 53.1 Å². The van der Waals surface area contributed by atoms with E-state index >= 15 is 0 Å². The van der Waals surface area contributed by atoms with Crippen LogP contribution in [0.1, 0.15) is 28.8 Å². The highest BCUT2D eigenvalue weighted by molar-refractivity contribution is 6.06. The fraction of sp³-hybridized carbons (Fsp3) is 0.263. The van der Waals surface area contributed by atoms with Gasteiger partial charge in [-0.3, -0.25) is 9.59 Å². The third kappa shape index (κ3) is 3.24. The van der Waals surface area contributed by atoms with Crippen molar-refractivity contribution in [2.75, 3.05) is 23.9 Å². The number of benzene rings is 2. The topological polar surface area (TPSA) is 58.6 Å². The second kappa shape index (κ2) is 7.11. The molecule has 5 nitrogen and oxygen atoms in total. The zero-order valence-electron chi connectivity index (χ0n) is 14.4. The summed E-state index contributed by atoms with van der Waals surface area (Å²) in [7, 11) is 1.27. The van der Waals surface area contributed by atoms with Gasteiger partial charge in [-0.1, -0.05) is 0 Å². The van der Waals surface area contributed by atoms with Gasteiger partial charge in [0.05, 0.1) is 7.11 Å². The van der Waals surface area contributed by atoms with Gasteiger partial charge >= 0.3 is 0 Å². The summed E-state index contributed by atoms with van der Waals surface area (Å²) in [6.45, 7) is 2.48. The third-order valence-corrected chi connectivity index (χ3v) is 4.32. The van der Waals surface area contributed by atoms with Gasteiger partial charge in [-0.15, -0.1) is 0 Å². The number of carbonyl (C=O) groups is 2. The Morgan fingerprint density at radius 1 is 1.23 bits per heavy atom. The van der Waals surface area contributed by atoms with E-state index in [0.717, 1.165) is 23.7 Å². The SMILES string of the molecule is COc1ccc(F)c(F)c1C(=O)Nc1ccc(N2CCCC2=O)c(C)c1. The molecule has 2 aromatic carbocycles. The van der Waals surface area contributed by atoms with E-state index in [1.54, 1.807) is 23.1 Å². The van der Waals surface area contributed by atoms with E-state index in [1.807, 2.05) is 6.92 Å². The number of methoxy groups -OCH3 is 1. The summed E-state index contributed by atoms with van der Waals surface area (Å²) >= 11 is 0. The Morgan fingerprint density at radius 3 is 2.62 bits per heavy atom. The van der Waals surface area contributed by atoms with Crippen LogP contribution in [0.2, 0.25) is 0 Å². The van der Waals surface area contributed by atoms with Crippen molar-refractivity contribution in [2.45, 2.75) is 19.8 Å². The van der Waals surface area contributed by atoms with Gasteiger partial charge in [-0.25, -0.2) is 8.78 Å². The Labute approximate surface area is 149 Å². The van der Waals surface area contributed by atoms with Crippen LogP contribution in [0, 0.1) is 18.6 Å². The molecule has 2 amide bonds. The van der Waals surface area contributed by atoms with Crippen LogP contribution in [0.4, 0.5) is 20.2 Å². The minimum Gasteiger partial charge on any atom is -0.496 e. The van der Waals surface area contributed by atoms with Crippen molar-refractivity contribution in [2.24, 2.45) is 0 Å². The number of amides is 2. The van der Waals surface area contributed by atoms with E-state index in [2.05, 4.69) is 5.32 Å². The molecule has 0 unspecified atom stereocenters. The van der Waals surface area contributed by atoms with E-state index in [4.69, 9.17) is 4.74 Å². The molecule has 136 valence electrons. The van der Waals surface area contributed by atoms with Gasteiger partial charge in [0.15, 0.2) is 11.6 Å². The molecular formula is C19H18F2N2O3. The second-order valence-corrected chi connectivity index (χ2v) is 6.04. The van der Waals surface area contributed by atoms with Crippen LogP contribution >= 0.6 is 0 Å². The van der Waals surface area contributed by atoms with E-state index < -0.39 is 23.1 Å². The number of halogens is 2. The lowest BCUT2D eigenvalue weighted by Crippen LogP contribution is -2.24. The van der Waals surface area contributed by atoms with Gasteiger partial charge in [0.2, 0.25) is 5.91 Å². The van der Waals surface area contributed by atoms with Gasteiger partial charge < -0.3 is 15.0 Å². The highest BCUT2D eigenvalue weighted by atomic mass is 19.2. The minimum atomic E-state index is -1.27. The molecule has 0 aliphatic carbocycles. The van der Waals surface area contributed by atoms with Crippen molar-refractivity contribution < 1.29 is 23.1 Å². The Hall–Kier alpha value is -2.96. The van der Waals surface area contributed by atoms with Crippen molar-refractivity contribution in [3.63, 3.8) is 0 Å². The van der Waals surface area contributed by atoms with Gasteiger partial charge in [0, 0.05) is 24.3 Å². The first kappa shape index (κ1) is 17.8. The largest absolute Gasteiger partial charge is 0.496 e. The highest BCUT2D eigenvalue weighted by Gasteiger charge is 2.24. The summed E-state index contributed by atoms with van der Waals surface area (Å²) in [5, 5.41) is 2.54. The summed E-state index contributed by atoms with van der Waals surface area (Å²) in [6, 6.07) is 7.13. The molecule has 1 fully saturated rings. The van der Waals surface area contributed by atoms with Crippen molar-refractivity contribution in [3.8, 4) is 5.75 Å². The molecule has 1 heterocycles. The molecule has 3 rings (SSSR count). The molecule has 1 saturated heterocycles. The first-order valence-electron chi connectivity index (χ1n) is 8.16. The summed E-state index contributed by atoms with van der Waals surface area (Å²) in [4.78, 5) is 26.0. The van der Waals surface area contributed by atoms with E-state index in [1.165, 1.54) is 13.2 Å². The highest BCUT2D eigenvalue weighted by Crippen LogP contribution is 2.29. The first-order chi connectivity index (χ1) is 12.4. The molecule has 0 radical (unpaired) electrons. The first-order valence-corrected chi connectivity index (χ1v) is 8.16. The number of hydrogen-bond donors (Lipinski definition) is 1. The molecule has 0 bridgehead atoms. The molecule has 0 saturated carbocycles. The molecule has 0 atom stereocenters. The average Bonchev–Trinajstić information content (AvgIpc) is 3.03. The van der Waals surface area contributed by atoms with Crippen LogP contribution < -0.4 is 15.0 Å². The number of aryl methyl sites for hydroxylation is 1. The number of nitrogens with zero attached hydrogens (tertiary/aromatic N) is 1. The predicted molar refractivity (Wildman–Crippen MR) is 93.6 cm³/mol. The Bertz CT molecular complexity index is 883. The van der Waals surface area contributed by atoms with Crippen LogP contribution in [-0.2, 0) is 4.79 Å². The van der Waals surface area contributed by atoms with Crippen LogP contribution in [0.5, 0.6) is 5.75 Å². The maximum atomic E-state index is 14.0. The van der Waals surface area contributed by atoms with Crippen LogP contribution in [0.15, 0.2) is 30.3 Å². The standard InChI is InChI=1S/C19H18F2N2O3/c1-11-10-12(5-7-14(11)23-9-3-4-16(23)24)22-19(25)17-15(26-2)8-6-13(20)18(17)21/h5-8,10H,3-4,9H2,1-2H3,(H,22,25). The molecule has 7 heteroatoms. The van der Waals surface area contributed by atoms with Crippen molar-refractivity contribution in [1.82, 2.24) is 0 Å². The van der Waals surface area contributed by atoms with Crippen LogP contribution in [0.3, 0.4) is 0 Å². The van der Waals surface area contributed by atoms with Gasteiger partial charge in [0.25, 0.3) is 5.91 Å². The normalized spacial score (nSPS) is 13.8. The van der Waals surface area contributed by atoms with E-state index in [0.29, 0.717) is 18.7 Å². The lowest BCUT2D eigenvalue weighted by Gasteiger charge is -2.19. The number of hydrogen-bond acceptors (Lipinski definition) is 3. The van der Waals surface area contributed by atoms with E-state index in [9.17, 15) is 18.4 Å². The predicted octanol–water partition coefficient (Wildman–Crippen LogP) is 3.66. The number of rotatable bonds is 4. The zero-order valence-corrected chi connectivity index (χ0v) is 14.4. The summed E-state index contributed by atoms with van der Waals surface area (Å²) in [5.41, 5.74) is 1.49. The molecule has 0 spiro atoms. The lowest BCUT2D eigenvalue weighted by molar-refractivity contribution is -0.117. The smallest absolute Gasteiger partial charge is 0.262 e. The van der Waals surface area contributed by atoms with Gasteiger partial charge in [-0.05, 0) is 49.2 Å². The van der Waals surface area contributed by atoms with E-state index in [-0.39, 0.29) is 11.7 Å². The number of anilines is 2. The Kier molecular flexibility index (Phi) is 4.88. The quantitative estimate of drug-likeness (QED) is 0.905. The fourth-order valence-corrected chi connectivity index (χ4v) is 3.05. The molecule has 2 aromatic rings. The lowest BCUT2D eigenvalue weighted by atomic mass is 10.1. The molecule has 1 aliphatic heterocycles. The Balaban J connectivity index is 1.86. The van der Waals surface area contributed by atoms with Crippen molar-refractivity contribution >= 4 is 23.2 Å². The maximum Gasteiger partial charge on any atom is 0.262 e. The summed E-state index contributed by atoms with van der Waals surface area (Å²) in [5.74, 6) is -3.20. The van der Waals surface area contributed by atoms with Gasteiger partial charge in [-0.2, -0.15) is 0 Å². The summed E-state index contributed by atoms with van der Waals surface area (Å²) < 4.78 is 32.5. The molecule has 1 N–H and O–H groups in total. The maximum absolute atomic E-state index is 14.0. The minimum absolute atomic E-state index is 0.0580. The molecular weight excluding hydrogens is 342 g/mol. The van der Waals surface area contributed by atoms with Crippen molar-refractivity contribution in [1.29, 1.82) is 0 Å². The fourth-order valence-electron chi connectivity index (χ4n) is 3.05. The summed E-state index contributed by atoms with van der Waals surface area (Å²) in [6.07, 6.45) is 1.34. The third-order valence-electron chi connectivity index (χ3n) is 4.32. The zero-order chi connectivity index (χ0) is 18.8. The molecule has 1 aliphatic rings. The van der Waals surface area contributed by atoms with Gasteiger partial charge in [0.1, 0.15) is 11.3 Å². The monoisotopic (exact) mass is 360 g/mol. The molecule has 0 aromatic heterocycles. The number of carbonyl (C=O) groups excluding carboxylic acids is 2. The van der Waals surface area contributed by atoms with Crippen LogP contribution in [-0.4, -0.2) is 25.5 Å². The Morgan fingerprint density at radius 2 is 2.00 bits per heavy atom. The number of ether oxygens (including phenoxy) is 1. The van der Waals surface area contributed by atoms with Crippen LogP contribution in [0.25, 0.3) is 0 Å². The second-order valence-electron chi connectivity index (χ2n) is 6.04. The average molecular weight is 360 g/mol. The molecule has 26 heavy (non-hydrogen) atoms.